The average molecular weight is 360 g/mol. The SMILES string of the molecule is CN(C)[C@H](CNC(=O)C(=O)Nc1ccc(C(N)=O)cc1)c1cccs1. The Bertz CT molecular complexity index is 742. The van der Waals surface area contributed by atoms with Crippen LogP contribution in [0.4, 0.5) is 5.69 Å². The molecule has 2 rings (SSSR count). The molecule has 0 radical (unpaired) electrons. The molecule has 3 amide bonds. The van der Waals surface area contributed by atoms with Crippen molar-refractivity contribution in [2.45, 2.75) is 6.04 Å². The van der Waals surface area contributed by atoms with E-state index in [9.17, 15) is 14.4 Å². The van der Waals surface area contributed by atoms with Gasteiger partial charge in [0.2, 0.25) is 5.91 Å². The summed E-state index contributed by atoms with van der Waals surface area (Å²) in [5.74, 6) is -2.04. The highest BCUT2D eigenvalue weighted by atomic mass is 32.1. The van der Waals surface area contributed by atoms with E-state index >= 15 is 0 Å². The van der Waals surface area contributed by atoms with Crippen LogP contribution in [0.2, 0.25) is 0 Å². The number of carbonyl (C=O) groups excluding carboxylic acids is 3. The first-order valence-electron chi connectivity index (χ1n) is 7.57. The highest BCUT2D eigenvalue weighted by molar-refractivity contribution is 7.10. The van der Waals surface area contributed by atoms with Crippen molar-refractivity contribution in [3.8, 4) is 0 Å². The molecule has 1 aromatic heterocycles. The number of hydrogen-bond donors (Lipinski definition) is 3. The van der Waals surface area contributed by atoms with E-state index in [-0.39, 0.29) is 6.04 Å². The second-order valence-corrected chi connectivity index (χ2v) is 6.58. The molecule has 0 aliphatic heterocycles. The second-order valence-electron chi connectivity index (χ2n) is 5.60. The zero-order valence-corrected chi connectivity index (χ0v) is 14.8. The van der Waals surface area contributed by atoms with E-state index in [1.165, 1.54) is 24.3 Å². The molecule has 2 aromatic rings. The van der Waals surface area contributed by atoms with Crippen LogP contribution < -0.4 is 16.4 Å². The van der Waals surface area contributed by atoms with Gasteiger partial charge < -0.3 is 21.3 Å². The van der Waals surface area contributed by atoms with E-state index in [2.05, 4.69) is 10.6 Å². The second kappa shape index (κ2) is 8.41. The molecule has 1 atom stereocenters. The zero-order chi connectivity index (χ0) is 18.4. The van der Waals surface area contributed by atoms with Crippen LogP contribution in [0.15, 0.2) is 41.8 Å². The number of primary amides is 1. The first kappa shape index (κ1) is 18.6. The molecule has 0 unspecified atom stereocenters. The molecule has 0 spiro atoms. The summed E-state index contributed by atoms with van der Waals surface area (Å²) in [6.45, 7) is 0.320. The summed E-state index contributed by atoms with van der Waals surface area (Å²) in [7, 11) is 3.83. The van der Waals surface area contributed by atoms with Crippen LogP contribution >= 0.6 is 11.3 Å². The number of thiophene rings is 1. The van der Waals surface area contributed by atoms with Crippen LogP contribution in [0.25, 0.3) is 0 Å². The Balaban J connectivity index is 1.91. The van der Waals surface area contributed by atoms with Gasteiger partial charge >= 0.3 is 11.8 Å². The highest BCUT2D eigenvalue weighted by Gasteiger charge is 2.19. The minimum absolute atomic E-state index is 0.00778. The van der Waals surface area contributed by atoms with Gasteiger partial charge in [0, 0.05) is 22.7 Å². The molecule has 0 aliphatic rings. The van der Waals surface area contributed by atoms with Crippen LogP contribution in [0, 0.1) is 0 Å². The van der Waals surface area contributed by atoms with Gasteiger partial charge in [0.25, 0.3) is 0 Å². The van der Waals surface area contributed by atoms with Crippen molar-refractivity contribution in [3.05, 3.63) is 52.2 Å². The average Bonchev–Trinajstić information content (AvgIpc) is 3.09. The maximum absolute atomic E-state index is 12.0. The van der Waals surface area contributed by atoms with Crippen LogP contribution in [0.3, 0.4) is 0 Å². The molecule has 0 aliphatic carbocycles. The summed E-state index contributed by atoms with van der Waals surface area (Å²) >= 11 is 1.59. The van der Waals surface area contributed by atoms with Crippen molar-refractivity contribution in [3.63, 3.8) is 0 Å². The lowest BCUT2D eigenvalue weighted by Gasteiger charge is -2.23. The molecule has 4 N–H and O–H groups in total. The Hall–Kier alpha value is -2.71. The van der Waals surface area contributed by atoms with Crippen molar-refractivity contribution in [2.75, 3.05) is 26.0 Å². The Morgan fingerprint density at radius 3 is 2.32 bits per heavy atom. The number of nitrogens with zero attached hydrogens (tertiary/aromatic N) is 1. The number of rotatable bonds is 6. The molecule has 8 heteroatoms. The number of anilines is 1. The van der Waals surface area contributed by atoms with Gasteiger partial charge in [-0.25, -0.2) is 0 Å². The lowest BCUT2D eigenvalue weighted by atomic mass is 10.2. The van der Waals surface area contributed by atoms with Crippen molar-refractivity contribution < 1.29 is 14.4 Å². The number of benzene rings is 1. The summed E-state index contributed by atoms with van der Waals surface area (Å²) in [5, 5.41) is 7.09. The topological polar surface area (TPSA) is 105 Å². The molecule has 0 saturated carbocycles. The molecule has 25 heavy (non-hydrogen) atoms. The van der Waals surface area contributed by atoms with E-state index in [1.807, 2.05) is 36.5 Å². The van der Waals surface area contributed by atoms with Gasteiger partial charge in [-0.05, 0) is 49.8 Å². The van der Waals surface area contributed by atoms with E-state index < -0.39 is 17.7 Å². The summed E-state index contributed by atoms with van der Waals surface area (Å²) in [6.07, 6.45) is 0. The van der Waals surface area contributed by atoms with Crippen LogP contribution in [0.1, 0.15) is 21.3 Å². The standard InChI is InChI=1S/C17H20N4O3S/c1-21(2)13(14-4-3-9-25-14)10-19-16(23)17(24)20-12-7-5-11(6-8-12)15(18)22/h3-9,13H,10H2,1-2H3,(H2,18,22)(H,19,23)(H,20,24)/t13-/m1/s1. The summed E-state index contributed by atoms with van der Waals surface area (Å²) in [4.78, 5) is 38.1. The van der Waals surface area contributed by atoms with Crippen molar-refractivity contribution >= 4 is 34.7 Å². The van der Waals surface area contributed by atoms with Crippen molar-refractivity contribution in [1.29, 1.82) is 0 Å². The third kappa shape index (κ3) is 5.13. The number of carbonyl (C=O) groups is 3. The highest BCUT2D eigenvalue weighted by Crippen LogP contribution is 2.22. The molecule has 1 aromatic carbocycles. The van der Waals surface area contributed by atoms with E-state index in [0.29, 0.717) is 17.8 Å². The van der Waals surface area contributed by atoms with Gasteiger partial charge in [-0.1, -0.05) is 6.07 Å². The van der Waals surface area contributed by atoms with Crippen LogP contribution in [-0.2, 0) is 9.59 Å². The minimum Gasteiger partial charge on any atom is -0.366 e. The molecule has 1 heterocycles. The third-order valence-electron chi connectivity index (χ3n) is 3.58. The largest absolute Gasteiger partial charge is 0.366 e. The van der Waals surface area contributed by atoms with Gasteiger partial charge in [-0.2, -0.15) is 0 Å². The molecule has 132 valence electrons. The minimum atomic E-state index is -0.768. The van der Waals surface area contributed by atoms with Gasteiger partial charge in [0.05, 0.1) is 6.04 Å². The van der Waals surface area contributed by atoms with E-state index in [1.54, 1.807) is 11.3 Å². The molecule has 0 bridgehead atoms. The van der Waals surface area contributed by atoms with E-state index in [0.717, 1.165) is 4.88 Å². The quantitative estimate of drug-likeness (QED) is 0.673. The maximum Gasteiger partial charge on any atom is 0.313 e. The number of nitrogens with one attached hydrogen (secondary N) is 2. The molecular formula is C17H20N4O3S. The van der Waals surface area contributed by atoms with E-state index in [4.69, 9.17) is 5.73 Å². The predicted molar refractivity (Wildman–Crippen MR) is 97.3 cm³/mol. The number of nitrogens with two attached hydrogens (primary N) is 1. The van der Waals surface area contributed by atoms with Crippen molar-refractivity contribution in [2.24, 2.45) is 5.73 Å². The van der Waals surface area contributed by atoms with Gasteiger partial charge in [0.15, 0.2) is 0 Å². The fourth-order valence-corrected chi connectivity index (χ4v) is 3.12. The fraction of sp³-hybridized carbons (Fsp3) is 0.235. The van der Waals surface area contributed by atoms with Gasteiger partial charge in [-0.3, -0.25) is 14.4 Å². The first-order valence-corrected chi connectivity index (χ1v) is 8.45. The molecule has 0 fully saturated rings. The van der Waals surface area contributed by atoms with Crippen LogP contribution in [-0.4, -0.2) is 43.3 Å². The van der Waals surface area contributed by atoms with Gasteiger partial charge in [-0.15, -0.1) is 11.3 Å². The third-order valence-corrected chi connectivity index (χ3v) is 4.56. The number of likely N-dealkylation sites (N-methyl/N-ethyl adjacent to an activating group) is 1. The van der Waals surface area contributed by atoms with Gasteiger partial charge in [0.1, 0.15) is 0 Å². The fourth-order valence-electron chi connectivity index (χ4n) is 2.19. The molecular weight excluding hydrogens is 340 g/mol. The normalized spacial score (nSPS) is 11.8. The monoisotopic (exact) mass is 360 g/mol. The van der Waals surface area contributed by atoms with Crippen LogP contribution in [0.5, 0.6) is 0 Å². The summed E-state index contributed by atoms with van der Waals surface area (Å²) in [6, 6.07) is 9.91. The lowest BCUT2D eigenvalue weighted by Crippen LogP contribution is -2.40. The number of hydrogen-bond acceptors (Lipinski definition) is 5. The Morgan fingerprint density at radius 1 is 1.12 bits per heavy atom. The zero-order valence-electron chi connectivity index (χ0n) is 14.0. The molecule has 0 saturated heterocycles. The lowest BCUT2D eigenvalue weighted by molar-refractivity contribution is -0.136. The maximum atomic E-state index is 12.0. The Kier molecular flexibility index (Phi) is 6.26. The predicted octanol–water partition coefficient (Wildman–Crippen LogP) is 1.20. The molecule has 7 nitrogen and oxygen atoms in total. The first-order chi connectivity index (χ1) is 11.9. The Labute approximate surface area is 149 Å². The summed E-state index contributed by atoms with van der Waals surface area (Å²) in [5.41, 5.74) is 5.89. The summed E-state index contributed by atoms with van der Waals surface area (Å²) < 4.78 is 0. The Morgan fingerprint density at radius 2 is 1.80 bits per heavy atom. The van der Waals surface area contributed by atoms with Crippen molar-refractivity contribution in [1.82, 2.24) is 10.2 Å². The number of amides is 3. The smallest absolute Gasteiger partial charge is 0.313 e.